The van der Waals surface area contributed by atoms with Crippen molar-refractivity contribution in [3.63, 3.8) is 0 Å². The Kier molecular flexibility index (Phi) is 4.03. The highest BCUT2D eigenvalue weighted by atomic mass is 79.9. The molecular weight excluding hydrogens is 306 g/mol. The lowest BCUT2D eigenvalue weighted by atomic mass is 10.2. The molecule has 2 rings (SSSR count). The lowest BCUT2D eigenvalue weighted by Gasteiger charge is -2.12. The summed E-state index contributed by atoms with van der Waals surface area (Å²) in [6.07, 6.45) is 0. The van der Waals surface area contributed by atoms with Gasteiger partial charge in [0, 0.05) is 10.2 Å². The summed E-state index contributed by atoms with van der Waals surface area (Å²) in [5.41, 5.74) is 2.09. The molecule has 1 aromatic heterocycles. The van der Waals surface area contributed by atoms with Crippen LogP contribution in [0.2, 0.25) is 0 Å². The molecule has 0 atom stereocenters. The Labute approximate surface area is 120 Å². The first-order chi connectivity index (χ1) is 9.13. The van der Waals surface area contributed by atoms with Gasteiger partial charge < -0.3 is 10.1 Å². The molecule has 0 aliphatic carbocycles. The third-order valence-electron chi connectivity index (χ3n) is 2.57. The average Bonchev–Trinajstić information content (AvgIpc) is 2.39. The molecule has 2 aromatic rings. The summed E-state index contributed by atoms with van der Waals surface area (Å²) in [6, 6.07) is 11.3. The molecule has 5 heteroatoms. The van der Waals surface area contributed by atoms with Crippen LogP contribution >= 0.6 is 15.9 Å². The van der Waals surface area contributed by atoms with Gasteiger partial charge in [-0.05, 0) is 37.3 Å². The number of hydrogen-bond donors (Lipinski definition) is 1. The van der Waals surface area contributed by atoms with Crippen molar-refractivity contribution >= 4 is 27.4 Å². The molecular formula is C14H12BrN3O. The minimum Gasteiger partial charge on any atom is -0.495 e. The molecule has 0 spiro atoms. The normalized spacial score (nSPS) is 9.79. The molecule has 0 unspecified atom stereocenters. The Bertz CT molecular complexity index is 650. The number of ether oxygens (including phenoxy) is 1. The fraction of sp³-hybridized carbons (Fsp3) is 0.143. The Morgan fingerprint density at radius 3 is 2.79 bits per heavy atom. The van der Waals surface area contributed by atoms with E-state index in [0.717, 1.165) is 15.9 Å². The highest BCUT2D eigenvalue weighted by Gasteiger charge is 2.08. The first kappa shape index (κ1) is 13.4. The van der Waals surface area contributed by atoms with E-state index in [-0.39, 0.29) is 0 Å². The molecule has 0 aliphatic heterocycles. The highest BCUT2D eigenvalue weighted by molar-refractivity contribution is 9.10. The van der Waals surface area contributed by atoms with E-state index >= 15 is 0 Å². The van der Waals surface area contributed by atoms with Gasteiger partial charge in [-0.15, -0.1) is 0 Å². The maximum absolute atomic E-state index is 9.10. The van der Waals surface area contributed by atoms with Crippen LogP contribution in [0.25, 0.3) is 0 Å². The summed E-state index contributed by atoms with van der Waals surface area (Å²) < 4.78 is 6.20. The molecule has 1 heterocycles. The summed E-state index contributed by atoms with van der Waals surface area (Å²) in [6.45, 7) is 1.88. The second-order valence-corrected chi connectivity index (χ2v) is 4.85. The minimum atomic E-state index is 0.493. The fourth-order valence-electron chi connectivity index (χ4n) is 1.65. The molecule has 1 aromatic carbocycles. The molecule has 4 nitrogen and oxygen atoms in total. The number of nitrogens with one attached hydrogen (secondary N) is 1. The summed E-state index contributed by atoms with van der Waals surface area (Å²) in [4.78, 5) is 4.34. The summed E-state index contributed by atoms with van der Waals surface area (Å²) >= 11 is 3.41. The highest BCUT2D eigenvalue weighted by Crippen LogP contribution is 2.31. The molecule has 0 radical (unpaired) electrons. The second kappa shape index (κ2) is 5.72. The maximum Gasteiger partial charge on any atom is 0.148 e. The number of pyridine rings is 1. The van der Waals surface area contributed by atoms with Crippen molar-refractivity contribution in [2.24, 2.45) is 0 Å². The first-order valence-corrected chi connectivity index (χ1v) is 6.41. The van der Waals surface area contributed by atoms with E-state index in [4.69, 9.17) is 10.00 Å². The van der Waals surface area contributed by atoms with Gasteiger partial charge in [0.25, 0.3) is 0 Å². The quantitative estimate of drug-likeness (QED) is 0.936. The maximum atomic E-state index is 9.10. The zero-order valence-corrected chi connectivity index (χ0v) is 12.2. The van der Waals surface area contributed by atoms with Gasteiger partial charge in [0.1, 0.15) is 17.6 Å². The van der Waals surface area contributed by atoms with Crippen LogP contribution in [0.15, 0.2) is 34.8 Å². The molecule has 0 bridgehead atoms. The average molecular weight is 318 g/mol. The van der Waals surface area contributed by atoms with E-state index in [1.165, 1.54) is 0 Å². The number of nitrogens with zero attached hydrogens (tertiary/aromatic N) is 2. The van der Waals surface area contributed by atoms with Crippen molar-refractivity contribution in [1.82, 2.24) is 4.98 Å². The first-order valence-electron chi connectivity index (χ1n) is 5.62. The zero-order chi connectivity index (χ0) is 13.8. The largest absolute Gasteiger partial charge is 0.495 e. The van der Waals surface area contributed by atoms with Crippen LogP contribution in [0, 0.1) is 18.3 Å². The van der Waals surface area contributed by atoms with Gasteiger partial charge in [0.15, 0.2) is 0 Å². The molecule has 0 saturated heterocycles. The second-order valence-electron chi connectivity index (χ2n) is 3.93. The molecule has 0 amide bonds. The van der Waals surface area contributed by atoms with Gasteiger partial charge in [0.2, 0.25) is 0 Å². The van der Waals surface area contributed by atoms with Crippen molar-refractivity contribution in [1.29, 1.82) is 5.26 Å². The monoisotopic (exact) mass is 317 g/mol. The van der Waals surface area contributed by atoms with Crippen LogP contribution in [0.4, 0.5) is 11.5 Å². The number of rotatable bonds is 3. The zero-order valence-electron chi connectivity index (χ0n) is 10.6. The van der Waals surface area contributed by atoms with Crippen molar-refractivity contribution in [3.05, 3.63) is 46.1 Å². The van der Waals surface area contributed by atoms with Gasteiger partial charge in [-0.2, -0.15) is 5.26 Å². The van der Waals surface area contributed by atoms with Gasteiger partial charge in [-0.3, -0.25) is 0 Å². The number of methoxy groups -OCH3 is 1. The minimum absolute atomic E-state index is 0.493. The van der Waals surface area contributed by atoms with E-state index in [9.17, 15) is 0 Å². The third kappa shape index (κ3) is 3.04. The number of halogens is 1. The van der Waals surface area contributed by atoms with Crippen LogP contribution in [0.1, 0.15) is 11.3 Å². The van der Waals surface area contributed by atoms with E-state index in [1.807, 2.05) is 31.2 Å². The van der Waals surface area contributed by atoms with Gasteiger partial charge in [0.05, 0.1) is 18.4 Å². The van der Waals surface area contributed by atoms with E-state index in [2.05, 4.69) is 32.3 Å². The lowest BCUT2D eigenvalue weighted by molar-refractivity contribution is 0.416. The molecule has 0 saturated carbocycles. The Balaban J connectivity index is 2.44. The topological polar surface area (TPSA) is 57.9 Å². The number of aromatic nitrogens is 1. The standard InChI is InChI=1S/C14H12BrN3O/c1-9-3-4-10(8-16)14(17-9)18-12-7-11(15)5-6-13(12)19-2/h3-7H,1-2H3,(H,17,18). The number of anilines is 2. The Morgan fingerprint density at radius 1 is 1.32 bits per heavy atom. The molecule has 1 N–H and O–H groups in total. The number of benzene rings is 1. The van der Waals surface area contributed by atoms with Gasteiger partial charge in [-0.25, -0.2) is 4.98 Å². The van der Waals surface area contributed by atoms with Gasteiger partial charge in [-0.1, -0.05) is 15.9 Å². The fourth-order valence-corrected chi connectivity index (χ4v) is 2.01. The van der Waals surface area contributed by atoms with Crippen molar-refractivity contribution in [2.45, 2.75) is 6.92 Å². The summed E-state index contributed by atoms with van der Waals surface area (Å²) in [5, 5.41) is 12.2. The number of aryl methyl sites for hydroxylation is 1. The molecule has 0 aliphatic rings. The predicted octanol–water partition coefficient (Wildman–Crippen LogP) is 3.78. The van der Waals surface area contributed by atoms with Crippen molar-refractivity contribution in [2.75, 3.05) is 12.4 Å². The Morgan fingerprint density at radius 2 is 2.11 bits per heavy atom. The van der Waals surface area contributed by atoms with E-state index < -0.39 is 0 Å². The SMILES string of the molecule is COc1ccc(Br)cc1Nc1nc(C)ccc1C#N. The van der Waals surface area contributed by atoms with Crippen LogP contribution in [-0.4, -0.2) is 12.1 Å². The smallest absolute Gasteiger partial charge is 0.148 e. The van der Waals surface area contributed by atoms with Gasteiger partial charge >= 0.3 is 0 Å². The Hall–Kier alpha value is -2.06. The number of hydrogen-bond acceptors (Lipinski definition) is 4. The van der Waals surface area contributed by atoms with E-state index in [0.29, 0.717) is 17.1 Å². The van der Waals surface area contributed by atoms with Crippen LogP contribution in [0.5, 0.6) is 5.75 Å². The molecule has 0 fully saturated rings. The predicted molar refractivity (Wildman–Crippen MR) is 77.7 cm³/mol. The lowest BCUT2D eigenvalue weighted by Crippen LogP contribution is -2.00. The molecule has 19 heavy (non-hydrogen) atoms. The van der Waals surface area contributed by atoms with Crippen LogP contribution in [0.3, 0.4) is 0 Å². The van der Waals surface area contributed by atoms with E-state index in [1.54, 1.807) is 13.2 Å². The number of nitriles is 1. The third-order valence-corrected chi connectivity index (χ3v) is 3.06. The summed E-state index contributed by atoms with van der Waals surface area (Å²) in [5.74, 6) is 1.22. The summed E-state index contributed by atoms with van der Waals surface area (Å²) in [7, 11) is 1.60. The van der Waals surface area contributed by atoms with Crippen LogP contribution in [-0.2, 0) is 0 Å². The van der Waals surface area contributed by atoms with Crippen LogP contribution < -0.4 is 10.1 Å². The van der Waals surface area contributed by atoms with Crippen molar-refractivity contribution in [3.8, 4) is 11.8 Å². The molecule has 96 valence electrons. The van der Waals surface area contributed by atoms with Crippen molar-refractivity contribution < 1.29 is 4.74 Å².